The third-order valence-corrected chi connectivity index (χ3v) is 5.72. The summed E-state index contributed by atoms with van der Waals surface area (Å²) < 4.78 is 0. The monoisotopic (exact) mass is 286 g/mol. The molecule has 1 aliphatic heterocycles. The van der Waals surface area contributed by atoms with Crippen molar-refractivity contribution in [3.05, 3.63) is 0 Å². The lowest BCUT2D eigenvalue weighted by Crippen LogP contribution is -2.48. The summed E-state index contributed by atoms with van der Waals surface area (Å²) in [6.07, 6.45) is 6.11. The molecule has 1 saturated heterocycles. The standard InChI is InChI=1S/C15H26N2O.ClH/c1-14(2)7-12(14)9-17-13(18)15-6-4-3-5-11(15)8-16-10-15;/h11-12,16H,3-10H2,1-2H3,(H,17,18);1H/t11-,12?,15+;/m0./s1. The smallest absolute Gasteiger partial charge is 0.227 e. The Kier molecular flexibility index (Phi) is 4.18. The maximum absolute atomic E-state index is 12.6. The number of nitrogens with one attached hydrogen (secondary N) is 2. The van der Waals surface area contributed by atoms with E-state index in [-0.39, 0.29) is 17.8 Å². The quantitative estimate of drug-likeness (QED) is 0.836. The highest BCUT2D eigenvalue weighted by molar-refractivity contribution is 5.85. The molecule has 0 aromatic carbocycles. The van der Waals surface area contributed by atoms with Crippen molar-refractivity contribution in [3.63, 3.8) is 0 Å². The van der Waals surface area contributed by atoms with Crippen molar-refractivity contribution in [3.8, 4) is 0 Å². The Labute approximate surface area is 122 Å². The van der Waals surface area contributed by atoms with Crippen molar-refractivity contribution in [2.24, 2.45) is 22.7 Å². The molecule has 110 valence electrons. The Balaban J connectivity index is 0.00000133. The SMILES string of the molecule is CC1(C)CC1CNC(=O)[C@@]12CCCC[C@H]1CNC2.Cl. The van der Waals surface area contributed by atoms with E-state index in [1.54, 1.807) is 0 Å². The van der Waals surface area contributed by atoms with Crippen LogP contribution in [0.3, 0.4) is 0 Å². The average molecular weight is 287 g/mol. The summed E-state index contributed by atoms with van der Waals surface area (Å²) in [5, 5.41) is 6.70. The van der Waals surface area contributed by atoms with Crippen LogP contribution in [-0.2, 0) is 4.79 Å². The first-order valence-corrected chi connectivity index (χ1v) is 7.54. The van der Waals surface area contributed by atoms with Crippen LogP contribution in [0.15, 0.2) is 0 Å². The molecule has 1 heterocycles. The highest BCUT2D eigenvalue weighted by atomic mass is 35.5. The zero-order valence-corrected chi connectivity index (χ0v) is 12.9. The van der Waals surface area contributed by atoms with Crippen molar-refractivity contribution < 1.29 is 4.79 Å². The van der Waals surface area contributed by atoms with Gasteiger partial charge in [-0.05, 0) is 43.1 Å². The van der Waals surface area contributed by atoms with Gasteiger partial charge in [0, 0.05) is 13.1 Å². The average Bonchev–Trinajstić information content (AvgIpc) is 2.78. The van der Waals surface area contributed by atoms with Crippen LogP contribution in [0, 0.1) is 22.7 Å². The van der Waals surface area contributed by atoms with Crippen LogP contribution >= 0.6 is 12.4 Å². The van der Waals surface area contributed by atoms with E-state index in [0.29, 0.717) is 23.2 Å². The zero-order valence-electron chi connectivity index (χ0n) is 12.1. The van der Waals surface area contributed by atoms with E-state index in [0.717, 1.165) is 26.1 Å². The molecular weight excluding hydrogens is 260 g/mol. The summed E-state index contributed by atoms with van der Waals surface area (Å²) in [5.74, 6) is 1.62. The molecule has 0 spiro atoms. The fraction of sp³-hybridized carbons (Fsp3) is 0.933. The van der Waals surface area contributed by atoms with Crippen LogP contribution < -0.4 is 10.6 Å². The van der Waals surface area contributed by atoms with Crippen LogP contribution in [0.5, 0.6) is 0 Å². The molecule has 4 heteroatoms. The normalized spacial score (nSPS) is 39.1. The van der Waals surface area contributed by atoms with E-state index in [1.807, 2.05) is 0 Å². The van der Waals surface area contributed by atoms with Gasteiger partial charge in [0.2, 0.25) is 5.91 Å². The number of carbonyl (C=O) groups is 1. The van der Waals surface area contributed by atoms with Gasteiger partial charge in [0.1, 0.15) is 0 Å². The number of hydrogen-bond donors (Lipinski definition) is 2. The first-order valence-electron chi connectivity index (χ1n) is 7.54. The van der Waals surface area contributed by atoms with Crippen LogP contribution in [0.2, 0.25) is 0 Å². The summed E-state index contributed by atoms with van der Waals surface area (Å²) in [5.41, 5.74) is 0.391. The molecule has 1 amide bonds. The van der Waals surface area contributed by atoms with Gasteiger partial charge in [0.25, 0.3) is 0 Å². The topological polar surface area (TPSA) is 41.1 Å². The third kappa shape index (κ3) is 2.64. The summed E-state index contributed by atoms with van der Waals surface area (Å²) in [6, 6.07) is 0. The molecule has 2 saturated carbocycles. The molecule has 0 aromatic heterocycles. The largest absolute Gasteiger partial charge is 0.355 e. The van der Waals surface area contributed by atoms with Gasteiger partial charge >= 0.3 is 0 Å². The molecule has 2 aliphatic carbocycles. The summed E-state index contributed by atoms with van der Waals surface area (Å²) in [4.78, 5) is 12.6. The Morgan fingerprint density at radius 1 is 1.37 bits per heavy atom. The second-order valence-corrected chi connectivity index (χ2v) is 7.33. The minimum Gasteiger partial charge on any atom is -0.355 e. The Morgan fingerprint density at radius 3 is 2.79 bits per heavy atom. The molecule has 3 rings (SSSR count). The molecule has 0 bridgehead atoms. The van der Waals surface area contributed by atoms with E-state index in [2.05, 4.69) is 24.5 Å². The van der Waals surface area contributed by atoms with Crippen LogP contribution in [-0.4, -0.2) is 25.5 Å². The van der Waals surface area contributed by atoms with Gasteiger partial charge in [0.15, 0.2) is 0 Å². The number of halogens is 1. The Bertz CT molecular complexity index is 358. The lowest BCUT2D eigenvalue weighted by molar-refractivity contribution is -0.134. The fourth-order valence-electron chi connectivity index (χ4n) is 4.01. The predicted molar refractivity (Wildman–Crippen MR) is 79.4 cm³/mol. The molecule has 0 aromatic rings. The first-order chi connectivity index (χ1) is 8.55. The highest BCUT2D eigenvalue weighted by Gasteiger charge is 2.51. The van der Waals surface area contributed by atoms with Gasteiger partial charge in [-0.2, -0.15) is 0 Å². The van der Waals surface area contributed by atoms with Crippen molar-refractivity contribution in [2.45, 2.75) is 46.0 Å². The van der Waals surface area contributed by atoms with Crippen molar-refractivity contribution in [1.29, 1.82) is 0 Å². The summed E-state index contributed by atoms with van der Waals surface area (Å²) in [7, 11) is 0. The van der Waals surface area contributed by atoms with Gasteiger partial charge in [-0.3, -0.25) is 4.79 Å². The molecule has 19 heavy (non-hydrogen) atoms. The predicted octanol–water partition coefficient (Wildman–Crippen LogP) is 2.35. The summed E-state index contributed by atoms with van der Waals surface area (Å²) >= 11 is 0. The summed E-state index contributed by atoms with van der Waals surface area (Å²) in [6.45, 7) is 7.42. The van der Waals surface area contributed by atoms with Crippen LogP contribution in [0.4, 0.5) is 0 Å². The van der Waals surface area contributed by atoms with Gasteiger partial charge in [-0.1, -0.05) is 26.7 Å². The van der Waals surface area contributed by atoms with Gasteiger partial charge < -0.3 is 10.6 Å². The van der Waals surface area contributed by atoms with Gasteiger partial charge in [-0.25, -0.2) is 0 Å². The van der Waals surface area contributed by atoms with Crippen molar-refractivity contribution in [2.75, 3.05) is 19.6 Å². The zero-order chi connectivity index (χ0) is 12.8. The van der Waals surface area contributed by atoms with Crippen LogP contribution in [0.1, 0.15) is 46.0 Å². The molecule has 0 radical (unpaired) electrons. The van der Waals surface area contributed by atoms with E-state index < -0.39 is 0 Å². The van der Waals surface area contributed by atoms with E-state index >= 15 is 0 Å². The Morgan fingerprint density at radius 2 is 2.11 bits per heavy atom. The lowest BCUT2D eigenvalue weighted by Gasteiger charge is -2.37. The first kappa shape index (κ1) is 15.1. The van der Waals surface area contributed by atoms with Gasteiger partial charge in [0.05, 0.1) is 5.41 Å². The maximum Gasteiger partial charge on any atom is 0.227 e. The van der Waals surface area contributed by atoms with Crippen molar-refractivity contribution in [1.82, 2.24) is 10.6 Å². The molecular formula is C15H27ClN2O. The number of rotatable bonds is 3. The lowest BCUT2D eigenvalue weighted by atomic mass is 9.67. The second-order valence-electron chi connectivity index (χ2n) is 7.33. The molecule has 3 nitrogen and oxygen atoms in total. The maximum atomic E-state index is 12.6. The minimum atomic E-state index is -0.0721. The van der Waals surface area contributed by atoms with Crippen LogP contribution in [0.25, 0.3) is 0 Å². The van der Waals surface area contributed by atoms with E-state index in [9.17, 15) is 4.79 Å². The highest BCUT2D eigenvalue weighted by Crippen LogP contribution is 2.51. The number of fused-ring (bicyclic) bond motifs is 1. The number of hydrogen-bond acceptors (Lipinski definition) is 2. The number of amides is 1. The molecule has 3 fully saturated rings. The van der Waals surface area contributed by atoms with Crippen molar-refractivity contribution >= 4 is 18.3 Å². The molecule has 3 aliphatic rings. The molecule has 1 unspecified atom stereocenters. The second kappa shape index (κ2) is 5.25. The third-order valence-electron chi connectivity index (χ3n) is 5.72. The minimum absolute atomic E-state index is 0. The molecule has 2 N–H and O–H groups in total. The van der Waals surface area contributed by atoms with E-state index in [1.165, 1.54) is 25.7 Å². The number of carbonyl (C=O) groups excluding carboxylic acids is 1. The van der Waals surface area contributed by atoms with Gasteiger partial charge in [-0.15, -0.1) is 12.4 Å². The Hall–Kier alpha value is -0.280. The molecule has 3 atom stereocenters. The van der Waals surface area contributed by atoms with E-state index in [4.69, 9.17) is 0 Å². The fourth-order valence-corrected chi connectivity index (χ4v) is 4.01.